The van der Waals surface area contributed by atoms with E-state index in [4.69, 9.17) is 0 Å². The first-order valence-corrected chi connectivity index (χ1v) is 10.2. The molecule has 0 fully saturated rings. The maximum absolute atomic E-state index is 13.8. The highest BCUT2D eigenvalue weighted by Gasteiger charge is 2.15. The summed E-state index contributed by atoms with van der Waals surface area (Å²) in [6.07, 6.45) is 1.65. The Morgan fingerprint density at radius 2 is 1.94 bits per heavy atom. The van der Waals surface area contributed by atoms with Crippen molar-refractivity contribution in [2.24, 2.45) is 0 Å². The Hall–Kier alpha value is -3.35. The maximum atomic E-state index is 13.8. The molecule has 0 spiro atoms. The minimum Gasteiger partial charge on any atom is -0.478 e. The summed E-state index contributed by atoms with van der Waals surface area (Å²) in [6, 6.07) is 14.4. The fraction of sp³-hybridized carbons (Fsp3) is 0.292. The Morgan fingerprint density at radius 1 is 1.19 bits per heavy atom. The van der Waals surface area contributed by atoms with Crippen LogP contribution >= 0.6 is 0 Å². The Bertz CT molecular complexity index is 1030. The van der Waals surface area contributed by atoms with Crippen LogP contribution in [0.2, 0.25) is 0 Å². The van der Waals surface area contributed by atoms with Gasteiger partial charge in [0.1, 0.15) is 12.0 Å². The predicted molar refractivity (Wildman–Crippen MR) is 116 cm³/mol. The van der Waals surface area contributed by atoms with Gasteiger partial charge < -0.3 is 5.11 Å². The van der Waals surface area contributed by atoms with Gasteiger partial charge in [0, 0.05) is 19.3 Å². The molecule has 0 bridgehead atoms. The van der Waals surface area contributed by atoms with Crippen molar-refractivity contribution in [3.8, 4) is 11.1 Å². The van der Waals surface area contributed by atoms with E-state index in [0.717, 1.165) is 17.0 Å². The molecule has 0 saturated heterocycles. The SMILES string of the molecule is C=CCCc1nc(CC(F)CCF)nn1Cc1ccc(-c2ccccc2C(=O)O)cc1. The molecule has 3 aromatic rings. The number of carboxylic acid groups (broad SMARTS) is 1. The number of aryl methyl sites for hydroxylation is 1. The van der Waals surface area contributed by atoms with Crippen LogP contribution in [0.25, 0.3) is 11.1 Å². The van der Waals surface area contributed by atoms with Crippen molar-refractivity contribution < 1.29 is 18.7 Å². The molecular formula is C24H25F2N3O2. The summed E-state index contributed by atoms with van der Waals surface area (Å²) in [4.78, 5) is 15.9. The summed E-state index contributed by atoms with van der Waals surface area (Å²) in [5.74, 6) is 0.121. The van der Waals surface area contributed by atoms with E-state index in [-0.39, 0.29) is 18.4 Å². The average molecular weight is 425 g/mol. The molecule has 1 N–H and O–H groups in total. The van der Waals surface area contributed by atoms with E-state index in [1.54, 1.807) is 35.0 Å². The van der Waals surface area contributed by atoms with E-state index in [1.165, 1.54) is 0 Å². The van der Waals surface area contributed by atoms with Crippen molar-refractivity contribution in [1.29, 1.82) is 0 Å². The molecule has 0 aliphatic heterocycles. The van der Waals surface area contributed by atoms with Gasteiger partial charge in [-0.15, -0.1) is 6.58 Å². The van der Waals surface area contributed by atoms with Gasteiger partial charge in [0.05, 0.1) is 18.8 Å². The van der Waals surface area contributed by atoms with Crippen LogP contribution in [-0.4, -0.2) is 38.7 Å². The number of hydrogen-bond donors (Lipinski definition) is 1. The first-order chi connectivity index (χ1) is 15.0. The first-order valence-electron chi connectivity index (χ1n) is 10.2. The number of nitrogens with zero attached hydrogens (tertiary/aromatic N) is 3. The summed E-state index contributed by atoms with van der Waals surface area (Å²) >= 11 is 0. The van der Waals surface area contributed by atoms with E-state index < -0.39 is 18.8 Å². The molecule has 2 aromatic carbocycles. The smallest absolute Gasteiger partial charge is 0.336 e. The number of aromatic nitrogens is 3. The highest BCUT2D eigenvalue weighted by Crippen LogP contribution is 2.24. The number of rotatable bonds is 11. The van der Waals surface area contributed by atoms with Gasteiger partial charge in [0.2, 0.25) is 0 Å². The Labute approximate surface area is 180 Å². The van der Waals surface area contributed by atoms with E-state index >= 15 is 0 Å². The molecule has 0 amide bonds. The first kappa shape index (κ1) is 22.3. The number of alkyl halides is 2. The molecule has 1 heterocycles. The van der Waals surface area contributed by atoms with Crippen LogP contribution in [0, 0.1) is 0 Å². The Kier molecular flexibility index (Phi) is 7.65. The summed E-state index contributed by atoms with van der Waals surface area (Å²) in [5, 5.41) is 13.8. The molecule has 5 nitrogen and oxygen atoms in total. The lowest BCUT2D eigenvalue weighted by molar-refractivity contribution is 0.0697. The molecule has 31 heavy (non-hydrogen) atoms. The summed E-state index contributed by atoms with van der Waals surface area (Å²) in [5.41, 5.74) is 2.66. The molecule has 7 heteroatoms. The van der Waals surface area contributed by atoms with Crippen LogP contribution < -0.4 is 0 Å². The normalized spacial score (nSPS) is 11.9. The second-order valence-corrected chi connectivity index (χ2v) is 7.26. The number of aromatic carboxylic acids is 1. The van der Waals surface area contributed by atoms with Gasteiger partial charge in [-0.25, -0.2) is 18.9 Å². The van der Waals surface area contributed by atoms with E-state index in [1.807, 2.05) is 24.3 Å². The molecule has 0 saturated carbocycles. The summed E-state index contributed by atoms with van der Waals surface area (Å²) in [7, 11) is 0. The minimum atomic E-state index is -1.30. The van der Waals surface area contributed by atoms with Crippen molar-refractivity contribution in [2.45, 2.75) is 38.4 Å². The minimum absolute atomic E-state index is 0.0110. The number of benzene rings is 2. The molecule has 1 unspecified atom stereocenters. The Morgan fingerprint density at radius 3 is 2.61 bits per heavy atom. The number of carbonyl (C=O) groups is 1. The second kappa shape index (κ2) is 10.6. The van der Waals surface area contributed by atoms with E-state index in [0.29, 0.717) is 30.8 Å². The average Bonchev–Trinajstić information content (AvgIpc) is 3.13. The van der Waals surface area contributed by atoms with Crippen LogP contribution in [0.1, 0.15) is 40.4 Å². The second-order valence-electron chi connectivity index (χ2n) is 7.26. The largest absolute Gasteiger partial charge is 0.478 e. The van der Waals surface area contributed by atoms with Gasteiger partial charge >= 0.3 is 5.97 Å². The van der Waals surface area contributed by atoms with Gasteiger partial charge in [-0.1, -0.05) is 48.5 Å². The zero-order valence-corrected chi connectivity index (χ0v) is 17.2. The third-order valence-electron chi connectivity index (χ3n) is 4.95. The van der Waals surface area contributed by atoms with Crippen molar-refractivity contribution in [1.82, 2.24) is 14.8 Å². The van der Waals surface area contributed by atoms with Crippen LogP contribution in [0.15, 0.2) is 61.2 Å². The van der Waals surface area contributed by atoms with Crippen molar-refractivity contribution in [2.75, 3.05) is 6.67 Å². The highest BCUT2D eigenvalue weighted by atomic mass is 19.1. The fourth-order valence-electron chi connectivity index (χ4n) is 3.36. The Balaban J connectivity index is 1.81. The standard InChI is InChI=1S/C24H25F2N3O2/c1-2-3-8-23-27-22(15-19(26)13-14-25)28-29(23)16-17-9-11-18(12-10-17)20-6-4-5-7-21(20)24(30)31/h2,4-7,9-12,19H,1,3,8,13-16H2,(H,30,31). The molecule has 1 aromatic heterocycles. The number of carboxylic acids is 1. The molecule has 162 valence electrons. The molecule has 1 atom stereocenters. The quantitative estimate of drug-likeness (QED) is 0.437. The number of hydrogen-bond acceptors (Lipinski definition) is 3. The lowest BCUT2D eigenvalue weighted by Gasteiger charge is -2.09. The van der Waals surface area contributed by atoms with Crippen LogP contribution in [-0.2, 0) is 19.4 Å². The molecular weight excluding hydrogens is 400 g/mol. The van der Waals surface area contributed by atoms with Crippen molar-refractivity contribution in [3.63, 3.8) is 0 Å². The lowest BCUT2D eigenvalue weighted by atomic mass is 9.99. The third kappa shape index (κ3) is 5.84. The van der Waals surface area contributed by atoms with Gasteiger partial charge in [-0.2, -0.15) is 5.10 Å². The number of allylic oxidation sites excluding steroid dienone is 1. The number of halogens is 2. The maximum Gasteiger partial charge on any atom is 0.336 e. The van der Waals surface area contributed by atoms with E-state index in [9.17, 15) is 18.7 Å². The predicted octanol–water partition coefficient (Wildman–Crippen LogP) is 5.05. The van der Waals surface area contributed by atoms with Gasteiger partial charge in [0.25, 0.3) is 0 Å². The summed E-state index contributed by atoms with van der Waals surface area (Å²) < 4.78 is 27.9. The van der Waals surface area contributed by atoms with E-state index in [2.05, 4.69) is 16.7 Å². The monoisotopic (exact) mass is 425 g/mol. The van der Waals surface area contributed by atoms with Crippen LogP contribution in [0.3, 0.4) is 0 Å². The molecule has 0 aliphatic rings. The molecule has 0 aliphatic carbocycles. The summed E-state index contributed by atoms with van der Waals surface area (Å²) in [6.45, 7) is 3.47. The van der Waals surface area contributed by atoms with Gasteiger partial charge in [0.15, 0.2) is 5.82 Å². The zero-order chi connectivity index (χ0) is 22.2. The highest BCUT2D eigenvalue weighted by molar-refractivity contribution is 5.95. The molecule has 0 radical (unpaired) electrons. The third-order valence-corrected chi connectivity index (χ3v) is 4.95. The zero-order valence-electron chi connectivity index (χ0n) is 17.2. The van der Waals surface area contributed by atoms with Gasteiger partial charge in [-0.3, -0.25) is 4.39 Å². The van der Waals surface area contributed by atoms with Gasteiger partial charge in [-0.05, 0) is 29.2 Å². The molecule has 3 rings (SSSR count). The topological polar surface area (TPSA) is 68.0 Å². The van der Waals surface area contributed by atoms with Crippen LogP contribution in [0.5, 0.6) is 0 Å². The van der Waals surface area contributed by atoms with Crippen molar-refractivity contribution >= 4 is 5.97 Å². The van der Waals surface area contributed by atoms with Crippen molar-refractivity contribution in [3.05, 3.63) is 84.0 Å². The van der Waals surface area contributed by atoms with Crippen LogP contribution in [0.4, 0.5) is 8.78 Å². The fourth-order valence-corrected chi connectivity index (χ4v) is 3.36. The lowest BCUT2D eigenvalue weighted by Crippen LogP contribution is -2.09.